The molecule has 2 N–H and O–H groups in total. The van der Waals surface area contributed by atoms with E-state index in [0.717, 1.165) is 19.3 Å². The van der Waals surface area contributed by atoms with Crippen LogP contribution in [0.15, 0.2) is 0 Å². The number of hydrogen-bond donors (Lipinski definition) is 2. The van der Waals surface area contributed by atoms with Crippen LogP contribution in [0.4, 0.5) is 4.79 Å². The van der Waals surface area contributed by atoms with Crippen LogP contribution >= 0.6 is 0 Å². The largest absolute Gasteiger partial charge is 0.480 e. The van der Waals surface area contributed by atoms with E-state index in [2.05, 4.69) is 0 Å². The predicted molar refractivity (Wildman–Crippen MR) is 66.6 cm³/mol. The van der Waals surface area contributed by atoms with E-state index in [0.29, 0.717) is 25.8 Å². The molecule has 0 aromatic heterocycles. The van der Waals surface area contributed by atoms with Crippen LogP contribution in [0.2, 0.25) is 0 Å². The Morgan fingerprint density at radius 3 is 2.26 bits per heavy atom. The number of carboxylic acid groups (broad SMARTS) is 1. The standard InChI is InChI=1S/C13H20N2O4/c16-10-6-8-3-4-9(7-10)15(8)13(19)14-5-1-2-11(14)12(17)18/h8-11,16H,1-7H2,(H,17,18)/t8?,9?,10?,11-/m0/s1. The molecule has 106 valence electrons. The van der Waals surface area contributed by atoms with Crippen molar-refractivity contribution in [2.24, 2.45) is 0 Å². The zero-order chi connectivity index (χ0) is 13.6. The van der Waals surface area contributed by atoms with Crippen molar-refractivity contribution < 1.29 is 19.8 Å². The highest BCUT2D eigenvalue weighted by Gasteiger charge is 2.46. The fraction of sp³-hybridized carbons (Fsp3) is 0.846. The number of aliphatic hydroxyl groups excluding tert-OH is 1. The molecule has 0 saturated carbocycles. The number of urea groups is 1. The number of carboxylic acids is 1. The predicted octanol–water partition coefficient (Wildman–Crippen LogP) is 0.643. The first-order valence-electron chi connectivity index (χ1n) is 7.07. The van der Waals surface area contributed by atoms with E-state index in [-0.39, 0.29) is 24.2 Å². The lowest BCUT2D eigenvalue weighted by atomic mass is 10.0. The number of carbonyl (C=O) groups excluding carboxylic acids is 1. The monoisotopic (exact) mass is 268 g/mol. The minimum atomic E-state index is -0.907. The molecule has 0 aromatic rings. The van der Waals surface area contributed by atoms with Crippen LogP contribution in [0.3, 0.4) is 0 Å². The Morgan fingerprint density at radius 1 is 1.05 bits per heavy atom. The molecule has 3 heterocycles. The second kappa shape index (κ2) is 4.67. The Kier molecular flexibility index (Phi) is 3.12. The van der Waals surface area contributed by atoms with E-state index in [4.69, 9.17) is 5.11 Å². The molecular formula is C13H20N2O4. The Morgan fingerprint density at radius 2 is 1.68 bits per heavy atom. The molecule has 19 heavy (non-hydrogen) atoms. The summed E-state index contributed by atoms with van der Waals surface area (Å²) in [4.78, 5) is 27.1. The van der Waals surface area contributed by atoms with Crippen molar-refractivity contribution in [2.45, 2.75) is 62.8 Å². The Balaban J connectivity index is 1.76. The van der Waals surface area contributed by atoms with Gasteiger partial charge < -0.3 is 20.0 Å². The fourth-order valence-electron chi connectivity index (χ4n) is 3.86. The molecule has 0 aromatic carbocycles. The second-order valence-electron chi connectivity index (χ2n) is 5.89. The third-order valence-corrected chi connectivity index (χ3v) is 4.71. The van der Waals surface area contributed by atoms with Gasteiger partial charge in [0.15, 0.2) is 0 Å². The Labute approximate surface area is 112 Å². The molecule has 3 atom stereocenters. The van der Waals surface area contributed by atoms with Crippen LogP contribution < -0.4 is 0 Å². The van der Waals surface area contributed by atoms with Crippen LogP contribution in [-0.4, -0.2) is 62.8 Å². The summed E-state index contributed by atoms with van der Waals surface area (Å²) in [5.74, 6) is -0.907. The van der Waals surface area contributed by atoms with Crippen molar-refractivity contribution in [3.8, 4) is 0 Å². The maximum Gasteiger partial charge on any atom is 0.326 e. The molecule has 3 aliphatic heterocycles. The molecule has 3 saturated heterocycles. The minimum Gasteiger partial charge on any atom is -0.480 e. The van der Waals surface area contributed by atoms with Gasteiger partial charge in [0.05, 0.1) is 6.10 Å². The van der Waals surface area contributed by atoms with Gasteiger partial charge in [-0.3, -0.25) is 0 Å². The molecular weight excluding hydrogens is 248 g/mol. The lowest BCUT2D eigenvalue weighted by molar-refractivity contribution is -0.141. The molecule has 3 fully saturated rings. The van der Waals surface area contributed by atoms with E-state index < -0.39 is 12.0 Å². The Bertz CT molecular complexity index is 386. The molecule has 0 radical (unpaired) electrons. The van der Waals surface area contributed by atoms with Crippen LogP contribution in [0.1, 0.15) is 38.5 Å². The van der Waals surface area contributed by atoms with Crippen LogP contribution in [0.25, 0.3) is 0 Å². The highest BCUT2D eigenvalue weighted by Crippen LogP contribution is 2.37. The van der Waals surface area contributed by atoms with E-state index in [9.17, 15) is 14.7 Å². The number of nitrogens with zero attached hydrogens (tertiary/aromatic N) is 2. The van der Waals surface area contributed by atoms with Crippen LogP contribution in [0, 0.1) is 0 Å². The zero-order valence-electron chi connectivity index (χ0n) is 10.9. The average molecular weight is 268 g/mol. The number of piperidine rings is 1. The summed E-state index contributed by atoms with van der Waals surface area (Å²) in [6.07, 6.45) is 4.12. The van der Waals surface area contributed by atoms with Crippen molar-refractivity contribution in [3.63, 3.8) is 0 Å². The number of aliphatic carboxylic acids is 1. The number of amides is 2. The topological polar surface area (TPSA) is 81.1 Å². The van der Waals surface area contributed by atoms with Gasteiger partial charge in [0.2, 0.25) is 0 Å². The van der Waals surface area contributed by atoms with E-state index in [1.165, 1.54) is 4.90 Å². The molecule has 0 aliphatic carbocycles. The van der Waals surface area contributed by atoms with E-state index in [1.54, 1.807) is 0 Å². The molecule has 0 spiro atoms. The van der Waals surface area contributed by atoms with Crippen molar-refractivity contribution in [1.82, 2.24) is 9.80 Å². The lowest BCUT2D eigenvalue weighted by Crippen LogP contribution is -2.55. The first-order valence-corrected chi connectivity index (χ1v) is 7.07. The summed E-state index contributed by atoms with van der Waals surface area (Å²) in [7, 11) is 0. The van der Waals surface area contributed by atoms with Gasteiger partial charge in [-0.25, -0.2) is 9.59 Å². The number of carbonyl (C=O) groups is 2. The van der Waals surface area contributed by atoms with Crippen molar-refractivity contribution >= 4 is 12.0 Å². The maximum atomic E-state index is 12.6. The fourth-order valence-corrected chi connectivity index (χ4v) is 3.86. The van der Waals surface area contributed by atoms with Crippen molar-refractivity contribution in [2.75, 3.05) is 6.54 Å². The number of hydrogen-bond acceptors (Lipinski definition) is 3. The summed E-state index contributed by atoms with van der Waals surface area (Å²) < 4.78 is 0. The van der Waals surface area contributed by atoms with Gasteiger partial charge in [-0.2, -0.15) is 0 Å². The third-order valence-electron chi connectivity index (χ3n) is 4.71. The number of rotatable bonds is 1. The normalized spacial score (nSPS) is 37.7. The number of fused-ring (bicyclic) bond motifs is 2. The summed E-state index contributed by atoms with van der Waals surface area (Å²) in [6, 6.07) is -0.615. The van der Waals surface area contributed by atoms with Gasteiger partial charge in [0.1, 0.15) is 6.04 Å². The lowest BCUT2D eigenvalue weighted by Gasteiger charge is -2.40. The molecule has 2 bridgehead atoms. The van der Waals surface area contributed by atoms with Crippen molar-refractivity contribution in [1.29, 1.82) is 0 Å². The van der Waals surface area contributed by atoms with Gasteiger partial charge in [0, 0.05) is 18.6 Å². The number of likely N-dealkylation sites (tertiary alicyclic amines) is 1. The molecule has 2 unspecified atom stereocenters. The van der Waals surface area contributed by atoms with Gasteiger partial charge in [-0.05, 0) is 38.5 Å². The SMILES string of the molecule is O=C(O)[C@@H]1CCCN1C(=O)N1C2CCC1CC(O)C2. The summed E-state index contributed by atoms with van der Waals surface area (Å²) in [6.45, 7) is 0.536. The Hall–Kier alpha value is -1.30. The van der Waals surface area contributed by atoms with Gasteiger partial charge in [-0.1, -0.05) is 0 Å². The first kappa shape index (κ1) is 12.7. The smallest absolute Gasteiger partial charge is 0.326 e. The summed E-state index contributed by atoms with van der Waals surface area (Å²) in [5, 5.41) is 18.9. The summed E-state index contributed by atoms with van der Waals surface area (Å²) >= 11 is 0. The minimum absolute atomic E-state index is 0.0938. The molecule has 3 aliphatic rings. The van der Waals surface area contributed by atoms with Crippen molar-refractivity contribution in [3.05, 3.63) is 0 Å². The van der Waals surface area contributed by atoms with Gasteiger partial charge in [0.25, 0.3) is 0 Å². The van der Waals surface area contributed by atoms with Gasteiger partial charge >= 0.3 is 12.0 Å². The molecule has 6 nitrogen and oxygen atoms in total. The second-order valence-corrected chi connectivity index (χ2v) is 5.89. The zero-order valence-corrected chi connectivity index (χ0v) is 10.9. The van der Waals surface area contributed by atoms with Crippen LogP contribution in [-0.2, 0) is 4.79 Å². The number of aliphatic hydroxyl groups is 1. The molecule has 6 heteroatoms. The third kappa shape index (κ3) is 2.08. The quantitative estimate of drug-likeness (QED) is 0.731. The highest BCUT2D eigenvalue weighted by molar-refractivity contribution is 5.84. The van der Waals surface area contributed by atoms with E-state index >= 15 is 0 Å². The first-order chi connectivity index (χ1) is 9.08. The van der Waals surface area contributed by atoms with Crippen LogP contribution in [0.5, 0.6) is 0 Å². The molecule has 2 amide bonds. The highest BCUT2D eigenvalue weighted by atomic mass is 16.4. The molecule has 3 rings (SSSR count). The van der Waals surface area contributed by atoms with Gasteiger partial charge in [-0.15, -0.1) is 0 Å². The van der Waals surface area contributed by atoms with E-state index in [1.807, 2.05) is 4.90 Å². The average Bonchev–Trinajstić information content (AvgIpc) is 2.92. The summed E-state index contributed by atoms with van der Waals surface area (Å²) in [5.41, 5.74) is 0. The maximum absolute atomic E-state index is 12.6.